The van der Waals surface area contributed by atoms with Gasteiger partial charge in [0.05, 0.1) is 23.1 Å². The molecule has 1 heterocycles. The molecule has 0 aromatic heterocycles. The van der Waals surface area contributed by atoms with Gasteiger partial charge in [0.2, 0.25) is 5.75 Å². The Bertz CT molecular complexity index is 1440. The van der Waals surface area contributed by atoms with Gasteiger partial charge in [-0.05, 0) is 94.9 Å². The Labute approximate surface area is 231 Å². The number of hydrogen-bond acceptors (Lipinski definition) is 7. The molecule has 186 valence electrons. The van der Waals surface area contributed by atoms with E-state index in [1.165, 1.54) is 35.2 Å². The number of rotatable bonds is 8. The van der Waals surface area contributed by atoms with Gasteiger partial charge < -0.3 is 8.92 Å². The Kier molecular flexibility index (Phi) is 8.28. The van der Waals surface area contributed by atoms with Crippen LogP contribution in [-0.4, -0.2) is 31.1 Å². The van der Waals surface area contributed by atoms with Gasteiger partial charge in [0.25, 0.3) is 11.1 Å². The number of thioether (sulfide) groups is 1. The van der Waals surface area contributed by atoms with Crippen LogP contribution in [0, 0.1) is 3.57 Å². The Balaban J connectivity index is 1.61. The van der Waals surface area contributed by atoms with E-state index in [0.717, 1.165) is 20.9 Å². The number of benzene rings is 3. The summed E-state index contributed by atoms with van der Waals surface area (Å²) in [5.74, 6) is -0.496. The smallest absolute Gasteiger partial charge is 0.339 e. The van der Waals surface area contributed by atoms with Crippen LogP contribution >= 0.6 is 46.0 Å². The third-order valence-electron chi connectivity index (χ3n) is 4.98. The number of ether oxygens (including phenoxy) is 1. The van der Waals surface area contributed by atoms with Crippen molar-refractivity contribution in [3.8, 4) is 11.5 Å². The number of imide groups is 1. The maximum Gasteiger partial charge on any atom is 0.339 e. The van der Waals surface area contributed by atoms with Crippen LogP contribution in [0.15, 0.2) is 76.5 Å². The number of carbonyl (C=O) groups is 2. The normalized spacial score (nSPS) is 15.0. The van der Waals surface area contributed by atoms with Crippen molar-refractivity contribution in [1.29, 1.82) is 0 Å². The highest BCUT2D eigenvalue weighted by molar-refractivity contribution is 14.1. The van der Waals surface area contributed by atoms with Crippen molar-refractivity contribution in [3.05, 3.63) is 91.4 Å². The van der Waals surface area contributed by atoms with Crippen LogP contribution in [0.25, 0.3) is 6.08 Å². The average Bonchev–Trinajstić information content (AvgIpc) is 3.10. The summed E-state index contributed by atoms with van der Waals surface area (Å²) in [5.41, 5.74) is 1.29. The first-order chi connectivity index (χ1) is 17.2. The summed E-state index contributed by atoms with van der Waals surface area (Å²) in [5, 5.41) is -0.403. The summed E-state index contributed by atoms with van der Waals surface area (Å²) in [6, 6.07) is 18.2. The van der Waals surface area contributed by atoms with Gasteiger partial charge in [0.1, 0.15) is 4.90 Å². The van der Waals surface area contributed by atoms with Gasteiger partial charge in [0, 0.05) is 3.57 Å². The van der Waals surface area contributed by atoms with Crippen LogP contribution in [0.1, 0.15) is 18.1 Å². The number of carbonyl (C=O) groups excluding carboxylic acids is 2. The highest BCUT2D eigenvalue weighted by Gasteiger charge is 2.35. The second-order valence-corrected chi connectivity index (χ2v) is 11.7. The Hall–Kier alpha value is -2.54. The maximum absolute atomic E-state index is 12.9. The minimum atomic E-state index is -4.16. The number of amides is 2. The fraction of sp³-hybridized carbons (Fsp3) is 0.120. The first-order valence-corrected chi connectivity index (χ1v) is 14.3. The van der Waals surface area contributed by atoms with Crippen LogP contribution in [-0.2, 0) is 21.5 Å². The third kappa shape index (κ3) is 6.05. The predicted octanol–water partition coefficient (Wildman–Crippen LogP) is 6.35. The molecule has 3 aromatic carbocycles. The van der Waals surface area contributed by atoms with Crippen LogP contribution in [0.5, 0.6) is 11.5 Å². The highest BCUT2D eigenvalue weighted by Crippen LogP contribution is 2.40. The molecule has 0 bridgehead atoms. The van der Waals surface area contributed by atoms with Gasteiger partial charge in [-0.25, -0.2) is 0 Å². The lowest BCUT2D eigenvalue weighted by molar-refractivity contribution is -0.123. The summed E-state index contributed by atoms with van der Waals surface area (Å²) < 4.78 is 37.4. The van der Waals surface area contributed by atoms with Crippen LogP contribution in [0.3, 0.4) is 0 Å². The highest BCUT2D eigenvalue weighted by atomic mass is 127. The molecule has 1 saturated heterocycles. The standard InChI is InChI=1S/C25H19ClINO6S2/c1-2-33-21-13-17(12-20(26)23(21)34-36(31,32)19-6-4-3-5-7-19)14-22-24(29)28(25(30)35-22)15-16-8-10-18(27)11-9-16/h3-14H,2,15H2,1H3/b22-14-. The van der Waals surface area contributed by atoms with Crippen molar-refractivity contribution < 1.29 is 26.9 Å². The first-order valence-electron chi connectivity index (χ1n) is 10.6. The second-order valence-electron chi connectivity index (χ2n) is 7.51. The Morgan fingerprint density at radius 2 is 1.75 bits per heavy atom. The summed E-state index contributed by atoms with van der Waals surface area (Å²) >= 11 is 9.40. The molecular weight excluding hydrogens is 637 g/mol. The van der Waals surface area contributed by atoms with Crippen LogP contribution in [0.4, 0.5) is 4.79 Å². The molecule has 36 heavy (non-hydrogen) atoms. The Morgan fingerprint density at radius 3 is 2.42 bits per heavy atom. The lowest BCUT2D eigenvalue weighted by Crippen LogP contribution is -2.27. The largest absolute Gasteiger partial charge is 0.490 e. The van der Waals surface area contributed by atoms with Crippen LogP contribution in [0.2, 0.25) is 5.02 Å². The number of nitrogens with zero attached hydrogens (tertiary/aromatic N) is 1. The minimum absolute atomic E-state index is 0.0233. The molecule has 3 aromatic rings. The van der Waals surface area contributed by atoms with Crippen molar-refractivity contribution in [1.82, 2.24) is 4.90 Å². The maximum atomic E-state index is 12.9. The molecule has 11 heteroatoms. The predicted molar refractivity (Wildman–Crippen MR) is 148 cm³/mol. The van der Waals surface area contributed by atoms with Gasteiger partial charge in [-0.15, -0.1) is 0 Å². The van der Waals surface area contributed by atoms with Gasteiger partial charge in [0.15, 0.2) is 5.75 Å². The van der Waals surface area contributed by atoms with Crippen molar-refractivity contribution in [3.63, 3.8) is 0 Å². The molecule has 0 radical (unpaired) electrons. The molecular formula is C25H19ClINO6S2. The van der Waals surface area contributed by atoms with Gasteiger partial charge in [-0.3, -0.25) is 14.5 Å². The van der Waals surface area contributed by atoms with Crippen molar-refractivity contribution in [2.75, 3.05) is 6.61 Å². The van der Waals surface area contributed by atoms with Crippen LogP contribution < -0.4 is 8.92 Å². The molecule has 1 aliphatic heterocycles. The van der Waals surface area contributed by atoms with E-state index in [9.17, 15) is 18.0 Å². The SMILES string of the molecule is CCOc1cc(/C=C2\SC(=O)N(Cc3ccc(I)cc3)C2=O)cc(Cl)c1OS(=O)(=O)c1ccccc1. The van der Waals surface area contributed by atoms with E-state index in [1.54, 1.807) is 25.1 Å². The molecule has 0 unspecified atom stereocenters. The van der Waals surface area contributed by atoms with E-state index in [-0.39, 0.29) is 44.7 Å². The van der Waals surface area contributed by atoms with Crippen molar-refractivity contribution in [2.24, 2.45) is 0 Å². The lowest BCUT2D eigenvalue weighted by atomic mass is 10.1. The topological polar surface area (TPSA) is 90.0 Å². The van der Waals surface area contributed by atoms with E-state index >= 15 is 0 Å². The quantitative estimate of drug-likeness (QED) is 0.159. The third-order valence-corrected chi connectivity index (χ3v) is 8.12. The number of halogens is 2. The lowest BCUT2D eigenvalue weighted by Gasteiger charge is -2.14. The van der Waals surface area contributed by atoms with Gasteiger partial charge >= 0.3 is 10.1 Å². The molecule has 0 spiro atoms. The summed E-state index contributed by atoms with van der Waals surface area (Å²) in [7, 11) is -4.16. The molecule has 0 atom stereocenters. The fourth-order valence-electron chi connectivity index (χ4n) is 3.32. The average molecular weight is 656 g/mol. The molecule has 2 amide bonds. The summed E-state index contributed by atoms with van der Waals surface area (Å²) in [6.07, 6.45) is 1.52. The second kappa shape index (κ2) is 11.2. The van der Waals surface area contributed by atoms with Crippen molar-refractivity contribution in [2.45, 2.75) is 18.4 Å². The Morgan fingerprint density at radius 1 is 1.06 bits per heavy atom. The molecule has 7 nitrogen and oxygen atoms in total. The molecule has 0 aliphatic carbocycles. The van der Waals surface area contributed by atoms with E-state index in [2.05, 4.69) is 22.6 Å². The van der Waals surface area contributed by atoms with Gasteiger partial charge in [-0.2, -0.15) is 8.42 Å². The van der Waals surface area contributed by atoms with Crippen molar-refractivity contribution >= 4 is 73.3 Å². The zero-order chi connectivity index (χ0) is 25.9. The zero-order valence-corrected chi connectivity index (χ0v) is 23.4. The monoisotopic (exact) mass is 655 g/mol. The fourth-order valence-corrected chi connectivity index (χ4v) is 5.80. The summed E-state index contributed by atoms with van der Waals surface area (Å²) in [4.78, 5) is 26.8. The van der Waals surface area contributed by atoms with E-state index in [1.807, 2.05) is 24.3 Å². The molecule has 1 fully saturated rings. The molecule has 4 rings (SSSR count). The first kappa shape index (κ1) is 26.5. The van der Waals surface area contributed by atoms with E-state index in [4.69, 9.17) is 20.5 Å². The van der Waals surface area contributed by atoms with E-state index in [0.29, 0.717) is 5.56 Å². The molecule has 0 saturated carbocycles. The van der Waals surface area contributed by atoms with E-state index < -0.39 is 16.0 Å². The zero-order valence-electron chi connectivity index (χ0n) is 18.8. The molecule has 1 aliphatic rings. The van der Waals surface area contributed by atoms with Gasteiger partial charge in [-0.1, -0.05) is 41.9 Å². The minimum Gasteiger partial charge on any atom is -0.490 e. The molecule has 0 N–H and O–H groups in total. The summed E-state index contributed by atoms with van der Waals surface area (Å²) in [6.45, 7) is 2.11. The number of hydrogen-bond donors (Lipinski definition) is 0.